The zero-order chi connectivity index (χ0) is 16.6. The molecule has 0 amide bonds. The average molecular weight is 309 g/mol. The van der Waals surface area contributed by atoms with Crippen LogP contribution in [0, 0.1) is 17.8 Å². The molecule has 0 aliphatic carbocycles. The first-order valence-corrected chi connectivity index (χ1v) is 8.07. The highest BCUT2D eigenvalue weighted by Crippen LogP contribution is 2.47. The van der Waals surface area contributed by atoms with Gasteiger partial charge in [0.1, 0.15) is 6.61 Å². The minimum Gasteiger partial charge on any atom is -0.368 e. The molecule has 22 heavy (non-hydrogen) atoms. The monoisotopic (exact) mass is 309 g/mol. The molecule has 0 bridgehead atoms. The van der Waals surface area contributed by atoms with Crippen molar-refractivity contribution in [2.75, 3.05) is 33.5 Å². The van der Waals surface area contributed by atoms with Crippen LogP contribution >= 0.6 is 0 Å². The van der Waals surface area contributed by atoms with Crippen LogP contribution in [0.5, 0.6) is 0 Å². The van der Waals surface area contributed by atoms with Crippen molar-refractivity contribution in [3.8, 4) is 12.3 Å². The van der Waals surface area contributed by atoms with Crippen LogP contribution in [0.2, 0.25) is 0 Å². The Morgan fingerprint density at radius 3 is 2.00 bits per heavy atom. The van der Waals surface area contributed by atoms with Crippen molar-refractivity contribution in [1.29, 1.82) is 0 Å². The van der Waals surface area contributed by atoms with Crippen LogP contribution < -0.4 is 0 Å². The minimum absolute atomic E-state index is 0.0372. The molecule has 2 rings (SSSR count). The Kier molecular flexibility index (Phi) is 4.68. The highest BCUT2D eigenvalue weighted by Gasteiger charge is 2.55. The van der Waals surface area contributed by atoms with Gasteiger partial charge in [0.05, 0.1) is 19.8 Å². The second-order valence-corrected chi connectivity index (χ2v) is 8.53. The maximum atomic E-state index is 6.29. The molecular formula is C18H31NO3. The van der Waals surface area contributed by atoms with E-state index in [-0.39, 0.29) is 16.5 Å². The van der Waals surface area contributed by atoms with Crippen molar-refractivity contribution < 1.29 is 14.2 Å². The zero-order valence-corrected chi connectivity index (χ0v) is 15.0. The summed E-state index contributed by atoms with van der Waals surface area (Å²) in [6.07, 6.45) is 6.98. The lowest BCUT2D eigenvalue weighted by Crippen LogP contribution is -2.67. The molecule has 0 saturated carbocycles. The summed E-state index contributed by atoms with van der Waals surface area (Å²) in [7, 11) is 2.19. The molecule has 1 spiro atoms. The lowest BCUT2D eigenvalue weighted by Gasteiger charge is -2.59. The summed E-state index contributed by atoms with van der Waals surface area (Å²) in [5, 5.41) is 0. The Balaban J connectivity index is 2.05. The first kappa shape index (κ1) is 17.7. The predicted octanol–water partition coefficient (Wildman–Crippen LogP) is 2.67. The van der Waals surface area contributed by atoms with E-state index in [1.807, 2.05) is 0 Å². The number of piperidine rings is 1. The molecular weight excluding hydrogens is 278 g/mol. The molecule has 0 aromatic heterocycles. The fraction of sp³-hybridized carbons (Fsp3) is 0.889. The van der Waals surface area contributed by atoms with Crippen LogP contribution in [0.15, 0.2) is 0 Å². The number of hydrogen-bond donors (Lipinski definition) is 0. The quantitative estimate of drug-likeness (QED) is 0.592. The van der Waals surface area contributed by atoms with Gasteiger partial charge in [-0.2, -0.15) is 0 Å². The van der Waals surface area contributed by atoms with Crippen LogP contribution in [0.3, 0.4) is 0 Å². The molecule has 0 atom stereocenters. The van der Waals surface area contributed by atoms with Crippen molar-refractivity contribution >= 4 is 0 Å². The Morgan fingerprint density at radius 1 is 1.05 bits per heavy atom. The van der Waals surface area contributed by atoms with E-state index in [1.54, 1.807) is 0 Å². The van der Waals surface area contributed by atoms with Crippen LogP contribution in [0.1, 0.15) is 47.5 Å². The Labute approximate surface area is 135 Å². The summed E-state index contributed by atoms with van der Waals surface area (Å²) in [4.78, 5) is 2.43. The third-order valence-electron chi connectivity index (χ3n) is 5.22. The molecule has 2 saturated heterocycles. The molecule has 126 valence electrons. The predicted molar refractivity (Wildman–Crippen MR) is 87.5 cm³/mol. The van der Waals surface area contributed by atoms with Gasteiger partial charge < -0.3 is 14.2 Å². The average Bonchev–Trinajstić information content (AvgIpc) is 2.40. The van der Waals surface area contributed by atoms with Gasteiger partial charge in [-0.25, -0.2) is 0 Å². The molecule has 2 heterocycles. The van der Waals surface area contributed by atoms with E-state index in [2.05, 4.69) is 52.5 Å². The second kappa shape index (κ2) is 5.79. The van der Waals surface area contributed by atoms with Crippen molar-refractivity contribution in [1.82, 2.24) is 4.90 Å². The number of rotatable bonds is 3. The summed E-state index contributed by atoms with van der Waals surface area (Å²) in [5.41, 5.74) is -0.0509. The van der Waals surface area contributed by atoms with E-state index in [0.717, 1.165) is 12.8 Å². The van der Waals surface area contributed by atoms with Gasteiger partial charge in [-0.3, -0.25) is 4.90 Å². The maximum absolute atomic E-state index is 6.29. The normalized spacial score (nSPS) is 29.1. The van der Waals surface area contributed by atoms with E-state index in [0.29, 0.717) is 26.4 Å². The lowest BCUT2D eigenvalue weighted by molar-refractivity contribution is -0.342. The van der Waals surface area contributed by atoms with Gasteiger partial charge in [-0.15, -0.1) is 6.42 Å². The van der Waals surface area contributed by atoms with E-state index < -0.39 is 5.79 Å². The van der Waals surface area contributed by atoms with Gasteiger partial charge >= 0.3 is 0 Å². The van der Waals surface area contributed by atoms with Gasteiger partial charge in [0.25, 0.3) is 0 Å². The largest absolute Gasteiger partial charge is 0.368 e. The Hall–Kier alpha value is -0.600. The second-order valence-electron chi connectivity index (χ2n) is 8.53. The Bertz CT molecular complexity index is 422. The molecule has 0 N–H and O–H groups in total. The molecule has 0 aromatic rings. The van der Waals surface area contributed by atoms with E-state index in [4.69, 9.17) is 20.6 Å². The Morgan fingerprint density at radius 2 is 1.55 bits per heavy atom. The number of likely N-dealkylation sites (tertiary alicyclic amines) is 1. The molecule has 2 fully saturated rings. The fourth-order valence-corrected chi connectivity index (χ4v) is 3.78. The highest BCUT2D eigenvalue weighted by atomic mass is 16.7. The van der Waals surface area contributed by atoms with Crippen molar-refractivity contribution in [3.63, 3.8) is 0 Å². The smallest absolute Gasteiger partial charge is 0.171 e. The van der Waals surface area contributed by atoms with Crippen molar-refractivity contribution in [3.05, 3.63) is 0 Å². The molecule has 4 heteroatoms. The topological polar surface area (TPSA) is 30.9 Å². The number of hydrogen-bond acceptors (Lipinski definition) is 4. The molecule has 2 aliphatic rings. The summed E-state index contributed by atoms with van der Waals surface area (Å²) in [6.45, 7) is 13.4. The molecule has 2 aliphatic heterocycles. The van der Waals surface area contributed by atoms with Crippen molar-refractivity contribution in [2.24, 2.45) is 5.41 Å². The molecule has 0 radical (unpaired) electrons. The third kappa shape index (κ3) is 3.49. The highest BCUT2D eigenvalue weighted by molar-refractivity contribution is 5.04. The first-order valence-electron chi connectivity index (χ1n) is 8.07. The third-order valence-corrected chi connectivity index (χ3v) is 5.22. The summed E-state index contributed by atoms with van der Waals surface area (Å²) in [5.74, 6) is 2.02. The van der Waals surface area contributed by atoms with Crippen LogP contribution in [-0.2, 0) is 14.2 Å². The van der Waals surface area contributed by atoms with Crippen LogP contribution in [0.4, 0.5) is 0 Å². The van der Waals surface area contributed by atoms with Gasteiger partial charge in [0, 0.05) is 29.3 Å². The fourth-order valence-electron chi connectivity index (χ4n) is 3.78. The molecule has 4 nitrogen and oxygen atoms in total. The lowest BCUT2D eigenvalue weighted by atomic mass is 9.75. The SMILES string of the molecule is C#CCOCC1(C)COC2(CC(C)(C)N(C)C(C)(C)C2)OC1. The first-order chi connectivity index (χ1) is 10.0. The maximum Gasteiger partial charge on any atom is 0.171 e. The van der Waals surface area contributed by atoms with Gasteiger partial charge in [0.15, 0.2) is 5.79 Å². The van der Waals surface area contributed by atoms with Crippen LogP contribution in [-0.4, -0.2) is 55.2 Å². The van der Waals surface area contributed by atoms with E-state index >= 15 is 0 Å². The van der Waals surface area contributed by atoms with E-state index in [1.165, 1.54) is 0 Å². The van der Waals surface area contributed by atoms with Gasteiger partial charge in [-0.05, 0) is 34.7 Å². The number of nitrogens with zero attached hydrogens (tertiary/aromatic N) is 1. The van der Waals surface area contributed by atoms with Crippen molar-refractivity contribution in [2.45, 2.75) is 64.3 Å². The summed E-state index contributed by atoms with van der Waals surface area (Å²) < 4.78 is 18.1. The standard InChI is InChI=1S/C18H31NO3/c1-8-9-20-12-17(6)13-21-18(22-14-17)10-15(2,3)19(7)16(4,5)11-18/h1H,9-14H2,2-7H3. The number of ether oxygens (including phenoxy) is 3. The van der Waals surface area contributed by atoms with Crippen LogP contribution in [0.25, 0.3) is 0 Å². The van der Waals surface area contributed by atoms with Gasteiger partial charge in [0.2, 0.25) is 0 Å². The van der Waals surface area contributed by atoms with E-state index in [9.17, 15) is 0 Å². The van der Waals surface area contributed by atoms with Gasteiger partial charge in [-0.1, -0.05) is 12.8 Å². The number of terminal acetylenes is 1. The zero-order valence-electron chi connectivity index (χ0n) is 15.0. The molecule has 0 aromatic carbocycles. The molecule has 0 unspecified atom stereocenters. The summed E-state index contributed by atoms with van der Waals surface area (Å²) >= 11 is 0. The minimum atomic E-state index is -0.481. The summed E-state index contributed by atoms with van der Waals surface area (Å²) in [6, 6.07) is 0.